The van der Waals surface area contributed by atoms with Crippen molar-refractivity contribution >= 4 is 66.9 Å². The Morgan fingerprint density at radius 2 is 2.00 bits per heavy atom. The van der Waals surface area contributed by atoms with Crippen molar-refractivity contribution < 1.29 is 4.79 Å². The molecule has 29 heavy (non-hydrogen) atoms. The Hall–Kier alpha value is -2.15. The zero-order valence-electron chi connectivity index (χ0n) is 16.3. The fourth-order valence-corrected chi connectivity index (χ4v) is 5.35. The van der Waals surface area contributed by atoms with Gasteiger partial charge < -0.3 is 5.32 Å². The molecule has 0 saturated carbocycles. The molecule has 4 nitrogen and oxygen atoms in total. The van der Waals surface area contributed by atoms with Crippen LogP contribution < -0.4 is 5.32 Å². The number of thioether (sulfide) groups is 1. The van der Waals surface area contributed by atoms with E-state index < -0.39 is 0 Å². The van der Waals surface area contributed by atoms with Gasteiger partial charge in [-0.25, -0.2) is 9.97 Å². The van der Waals surface area contributed by atoms with Crippen LogP contribution in [0.3, 0.4) is 0 Å². The fourth-order valence-electron chi connectivity index (χ4n) is 3.20. The number of para-hydroxylation sites is 1. The molecule has 0 spiro atoms. The number of benzene rings is 2. The number of carbonyl (C=O) groups is 1. The van der Waals surface area contributed by atoms with Crippen LogP contribution in [0.1, 0.15) is 24.5 Å². The molecule has 148 valence electrons. The van der Waals surface area contributed by atoms with E-state index in [1.165, 1.54) is 28.7 Å². The van der Waals surface area contributed by atoms with E-state index in [4.69, 9.17) is 16.6 Å². The first kappa shape index (κ1) is 20.1. The zero-order chi connectivity index (χ0) is 20.5. The summed E-state index contributed by atoms with van der Waals surface area (Å²) in [5, 5.41) is 5.98. The molecule has 1 N–H and O–H groups in total. The third-order valence-electron chi connectivity index (χ3n) is 4.73. The normalized spacial score (nSPS) is 12.4. The van der Waals surface area contributed by atoms with Gasteiger partial charge >= 0.3 is 0 Å². The van der Waals surface area contributed by atoms with Crippen LogP contribution in [0.25, 0.3) is 21.1 Å². The van der Waals surface area contributed by atoms with Crippen molar-refractivity contribution in [1.29, 1.82) is 0 Å². The van der Waals surface area contributed by atoms with E-state index in [-0.39, 0.29) is 11.2 Å². The highest BCUT2D eigenvalue weighted by molar-refractivity contribution is 8.00. The summed E-state index contributed by atoms with van der Waals surface area (Å²) in [5.41, 5.74) is 4.13. The summed E-state index contributed by atoms with van der Waals surface area (Å²) < 4.78 is 0.954. The Labute approximate surface area is 182 Å². The maximum atomic E-state index is 12.9. The molecule has 2 heterocycles. The van der Waals surface area contributed by atoms with Crippen LogP contribution in [0.15, 0.2) is 47.5 Å². The summed E-state index contributed by atoms with van der Waals surface area (Å²) in [6.45, 7) is 6.15. The van der Waals surface area contributed by atoms with Crippen molar-refractivity contribution in [1.82, 2.24) is 9.97 Å². The molecule has 0 bridgehead atoms. The van der Waals surface area contributed by atoms with E-state index in [0.717, 1.165) is 31.7 Å². The summed E-state index contributed by atoms with van der Waals surface area (Å²) in [6.07, 6.45) is 0.694. The first-order valence-electron chi connectivity index (χ1n) is 9.35. The van der Waals surface area contributed by atoms with Gasteiger partial charge in [0, 0.05) is 10.4 Å². The predicted octanol–water partition coefficient (Wildman–Crippen LogP) is 6.62. The van der Waals surface area contributed by atoms with Crippen LogP contribution in [-0.4, -0.2) is 21.1 Å². The van der Waals surface area contributed by atoms with Gasteiger partial charge in [-0.2, -0.15) is 0 Å². The molecule has 0 fully saturated rings. The highest BCUT2D eigenvalue weighted by atomic mass is 35.5. The van der Waals surface area contributed by atoms with Crippen LogP contribution in [0.5, 0.6) is 0 Å². The van der Waals surface area contributed by atoms with Gasteiger partial charge in [0.05, 0.1) is 26.0 Å². The van der Waals surface area contributed by atoms with Gasteiger partial charge in [-0.3, -0.25) is 4.79 Å². The van der Waals surface area contributed by atoms with Gasteiger partial charge in [0.25, 0.3) is 0 Å². The summed E-state index contributed by atoms with van der Waals surface area (Å²) in [7, 11) is 0. The Morgan fingerprint density at radius 3 is 2.79 bits per heavy atom. The summed E-state index contributed by atoms with van der Waals surface area (Å²) in [4.78, 5) is 22.2. The van der Waals surface area contributed by atoms with E-state index in [1.54, 1.807) is 6.07 Å². The van der Waals surface area contributed by atoms with E-state index in [9.17, 15) is 4.79 Å². The smallest absolute Gasteiger partial charge is 0.239 e. The Kier molecular flexibility index (Phi) is 5.76. The lowest BCUT2D eigenvalue weighted by Crippen LogP contribution is -2.24. The molecular formula is C22H20ClN3OS2. The minimum atomic E-state index is -0.251. The van der Waals surface area contributed by atoms with Crippen molar-refractivity contribution in [3.63, 3.8) is 0 Å². The number of carbonyl (C=O) groups excluding carboxylic acids is 1. The first-order chi connectivity index (χ1) is 13.9. The Balaban J connectivity index is 1.56. The van der Waals surface area contributed by atoms with Crippen molar-refractivity contribution in [3.8, 4) is 0 Å². The highest BCUT2D eigenvalue weighted by Gasteiger charge is 2.21. The largest absolute Gasteiger partial charge is 0.301 e. The monoisotopic (exact) mass is 441 g/mol. The highest BCUT2D eigenvalue weighted by Crippen LogP contribution is 2.32. The minimum Gasteiger partial charge on any atom is -0.301 e. The molecule has 0 aliphatic rings. The third-order valence-corrected chi connectivity index (χ3v) is 7.18. The molecule has 4 aromatic rings. The van der Waals surface area contributed by atoms with E-state index in [0.29, 0.717) is 16.6 Å². The maximum Gasteiger partial charge on any atom is 0.239 e. The molecule has 2 aromatic carbocycles. The predicted molar refractivity (Wildman–Crippen MR) is 124 cm³/mol. The standard InChI is InChI=1S/C22H20ClN3OS2/c1-4-17(21(27)26-22-24-16-9-8-14(23)11-18(16)29-22)28-19-10-13(3)15-7-5-6-12(2)20(15)25-19/h5-11,17H,4H2,1-3H3,(H,24,26,27). The third kappa shape index (κ3) is 4.25. The lowest BCUT2D eigenvalue weighted by atomic mass is 10.1. The number of pyridine rings is 1. The van der Waals surface area contributed by atoms with E-state index in [2.05, 4.69) is 42.3 Å². The second kappa shape index (κ2) is 8.30. The second-order valence-corrected chi connectivity index (χ2v) is 9.57. The van der Waals surface area contributed by atoms with Gasteiger partial charge in [0.2, 0.25) is 5.91 Å². The number of anilines is 1. The SMILES string of the molecule is CCC(Sc1cc(C)c2cccc(C)c2n1)C(=O)Nc1nc2ccc(Cl)cc2s1. The van der Waals surface area contributed by atoms with Crippen LogP contribution in [-0.2, 0) is 4.79 Å². The van der Waals surface area contributed by atoms with Crippen molar-refractivity contribution in [3.05, 3.63) is 58.6 Å². The quantitative estimate of drug-likeness (QED) is 0.353. The van der Waals surface area contributed by atoms with Crippen molar-refractivity contribution in [2.75, 3.05) is 5.32 Å². The molecule has 4 rings (SSSR count). The molecule has 0 radical (unpaired) electrons. The molecule has 1 unspecified atom stereocenters. The number of halogens is 1. The number of fused-ring (bicyclic) bond motifs is 2. The topological polar surface area (TPSA) is 54.9 Å². The molecular weight excluding hydrogens is 422 g/mol. The summed E-state index contributed by atoms with van der Waals surface area (Å²) in [5.74, 6) is -0.0630. The number of thiazole rings is 1. The number of hydrogen-bond acceptors (Lipinski definition) is 5. The second-order valence-electron chi connectivity index (χ2n) is 6.88. The number of amides is 1. The average Bonchev–Trinajstić information content (AvgIpc) is 3.08. The number of rotatable bonds is 5. The lowest BCUT2D eigenvalue weighted by molar-refractivity contribution is -0.115. The van der Waals surface area contributed by atoms with Crippen LogP contribution in [0.2, 0.25) is 5.02 Å². The van der Waals surface area contributed by atoms with Gasteiger partial charge in [-0.15, -0.1) is 0 Å². The van der Waals surface area contributed by atoms with Crippen LogP contribution in [0, 0.1) is 13.8 Å². The first-order valence-corrected chi connectivity index (χ1v) is 11.4. The molecule has 1 atom stereocenters. The van der Waals surface area contributed by atoms with Gasteiger partial charge in [-0.1, -0.05) is 59.8 Å². The van der Waals surface area contributed by atoms with E-state index in [1.807, 2.05) is 25.1 Å². The van der Waals surface area contributed by atoms with Crippen molar-refractivity contribution in [2.45, 2.75) is 37.5 Å². The van der Waals surface area contributed by atoms with Crippen LogP contribution in [0.4, 0.5) is 5.13 Å². The minimum absolute atomic E-state index is 0.0630. The Bertz CT molecular complexity index is 1220. The number of aromatic nitrogens is 2. The van der Waals surface area contributed by atoms with E-state index >= 15 is 0 Å². The Morgan fingerprint density at radius 1 is 1.17 bits per heavy atom. The van der Waals surface area contributed by atoms with Gasteiger partial charge in [-0.05, 0) is 55.7 Å². The number of nitrogens with one attached hydrogen (secondary N) is 1. The number of hydrogen-bond donors (Lipinski definition) is 1. The van der Waals surface area contributed by atoms with Gasteiger partial charge in [0.1, 0.15) is 0 Å². The lowest BCUT2D eigenvalue weighted by Gasteiger charge is -2.14. The van der Waals surface area contributed by atoms with Crippen LogP contribution >= 0.6 is 34.7 Å². The number of nitrogens with zero attached hydrogens (tertiary/aromatic N) is 2. The fraction of sp³-hybridized carbons (Fsp3) is 0.227. The molecule has 7 heteroatoms. The number of aryl methyl sites for hydroxylation is 2. The summed E-state index contributed by atoms with van der Waals surface area (Å²) >= 11 is 8.97. The molecule has 0 aliphatic heterocycles. The maximum absolute atomic E-state index is 12.9. The molecule has 0 aliphatic carbocycles. The average molecular weight is 442 g/mol. The molecule has 1 amide bonds. The molecule has 2 aromatic heterocycles. The van der Waals surface area contributed by atoms with Crippen molar-refractivity contribution in [2.24, 2.45) is 0 Å². The molecule has 0 saturated heterocycles. The summed E-state index contributed by atoms with van der Waals surface area (Å²) in [6, 6.07) is 13.8. The van der Waals surface area contributed by atoms with Gasteiger partial charge in [0.15, 0.2) is 5.13 Å². The zero-order valence-corrected chi connectivity index (χ0v) is 18.7.